The molecule has 0 saturated heterocycles. The van der Waals surface area contributed by atoms with Crippen LogP contribution in [0.3, 0.4) is 0 Å². The van der Waals surface area contributed by atoms with Gasteiger partial charge in [0.15, 0.2) is 0 Å². The second kappa shape index (κ2) is 7.57. The Morgan fingerprint density at radius 2 is 1.88 bits per heavy atom. The van der Waals surface area contributed by atoms with E-state index in [9.17, 15) is 14.9 Å². The molecule has 5 heteroatoms. The van der Waals surface area contributed by atoms with Crippen LogP contribution in [0.25, 0.3) is 6.08 Å². The first-order valence-corrected chi connectivity index (χ1v) is 8.87. The molecule has 0 spiro atoms. The third-order valence-corrected chi connectivity index (χ3v) is 4.76. The SMILES string of the molecule is CC(C)OC(=O)C1CC=CCC1C(=O)N1C=Cc2ccccc2C1C#N. The molecule has 0 radical (unpaired) electrons. The van der Waals surface area contributed by atoms with Crippen molar-refractivity contribution >= 4 is 18.0 Å². The van der Waals surface area contributed by atoms with E-state index in [0.717, 1.165) is 11.1 Å². The first-order chi connectivity index (χ1) is 12.5. The normalized spacial score (nSPS) is 24.1. The summed E-state index contributed by atoms with van der Waals surface area (Å²) in [5, 5.41) is 9.67. The number of allylic oxidation sites excluding steroid dienone is 2. The zero-order valence-electron chi connectivity index (χ0n) is 15.0. The number of nitrogens with zero attached hydrogens (tertiary/aromatic N) is 2. The number of fused-ring (bicyclic) bond motifs is 1. The van der Waals surface area contributed by atoms with Gasteiger partial charge in [-0.05, 0) is 43.9 Å². The maximum absolute atomic E-state index is 13.2. The average molecular weight is 350 g/mol. The summed E-state index contributed by atoms with van der Waals surface area (Å²) in [5.41, 5.74) is 1.74. The molecule has 0 saturated carbocycles. The van der Waals surface area contributed by atoms with Crippen LogP contribution in [-0.4, -0.2) is 22.9 Å². The van der Waals surface area contributed by atoms with Crippen molar-refractivity contribution in [1.29, 1.82) is 5.26 Å². The predicted molar refractivity (Wildman–Crippen MR) is 97.3 cm³/mol. The van der Waals surface area contributed by atoms with Gasteiger partial charge < -0.3 is 4.74 Å². The summed E-state index contributed by atoms with van der Waals surface area (Å²) in [6, 6.07) is 9.08. The highest BCUT2D eigenvalue weighted by Crippen LogP contribution is 2.35. The van der Waals surface area contributed by atoms with Crippen LogP contribution in [0.2, 0.25) is 0 Å². The van der Waals surface area contributed by atoms with Crippen molar-refractivity contribution in [1.82, 2.24) is 4.90 Å². The standard InChI is InChI=1S/C21H22N2O3/c1-14(2)26-21(25)18-10-6-5-9-17(18)20(24)23-12-11-15-7-3-4-8-16(15)19(23)13-22/h3-8,11-12,14,17-19H,9-10H2,1-2H3. The van der Waals surface area contributed by atoms with Gasteiger partial charge in [0.1, 0.15) is 6.04 Å². The summed E-state index contributed by atoms with van der Waals surface area (Å²) < 4.78 is 5.34. The number of hydrogen-bond acceptors (Lipinski definition) is 4. The van der Waals surface area contributed by atoms with Crippen LogP contribution >= 0.6 is 0 Å². The number of benzene rings is 1. The molecule has 1 heterocycles. The molecule has 0 fully saturated rings. The molecule has 134 valence electrons. The van der Waals surface area contributed by atoms with Crippen molar-refractivity contribution in [3.05, 3.63) is 53.7 Å². The van der Waals surface area contributed by atoms with Gasteiger partial charge in [-0.1, -0.05) is 36.4 Å². The molecule has 1 amide bonds. The van der Waals surface area contributed by atoms with Crippen LogP contribution in [0, 0.1) is 23.2 Å². The summed E-state index contributed by atoms with van der Waals surface area (Å²) in [6.07, 6.45) is 8.05. The Morgan fingerprint density at radius 1 is 1.19 bits per heavy atom. The topological polar surface area (TPSA) is 70.4 Å². The van der Waals surface area contributed by atoms with Gasteiger partial charge in [-0.15, -0.1) is 0 Å². The summed E-state index contributed by atoms with van der Waals surface area (Å²) in [7, 11) is 0. The van der Waals surface area contributed by atoms with Gasteiger partial charge in [0.2, 0.25) is 5.91 Å². The van der Waals surface area contributed by atoms with Gasteiger partial charge in [0.05, 0.1) is 24.0 Å². The number of ether oxygens (including phenoxy) is 1. The van der Waals surface area contributed by atoms with Gasteiger partial charge in [0, 0.05) is 6.20 Å². The van der Waals surface area contributed by atoms with Gasteiger partial charge in [-0.25, -0.2) is 0 Å². The van der Waals surface area contributed by atoms with E-state index in [-0.39, 0.29) is 18.0 Å². The number of nitriles is 1. The molecule has 5 nitrogen and oxygen atoms in total. The third kappa shape index (κ3) is 3.41. The lowest BCUT2D eigenvalue weighted by Gasteiger charge is -2.34. The Morgan fingerprint density at radius 3 is 2.58 bits per heavy atom. The van der Waals surface area contributed by atoms with E-state index in [2.05, 4.69) is 6.07 Å². The molecule has 26 heavy (non-hydrogen) atoms. The highest BCUT2D eigenvalue weighted by molar-refractivity contribution is 5.88. The van der Waals surface area contributed by atoms with Gasteiger partial charge in [-0.3, -0.25) is 14.5 Å². The lowest BCUT2D eigenvalue weighted by molar-refractivity contribution is -0.158. The Hall–Kier alpha value is -2.87. The highest BCUT2D eigenvalue weighted by atomic mass is 16.5. The maximum Gasteiger partial charge on any atom is 0.310 e. The fourth-order valence-corrected chi connectivity index (χ4v) is 3.50. The highest BCUT2D eigenvalue weighted by Gasteiger charge is 2.40. The average Bonchev–Trinajstić information content (AvgIpc) is 2.66. The van der Waals surface area contributed by atoms with Crippen molar-refractivity contribution in [3.8, 4) is 6.07 Å². The Labute approximate surface area is 153 Å². The smallest absolute Gasteiger partial charge is 0.310 e. The number of carbonyl (C=O) groups excluding carboxylic acids is 2. The van der Waals surface area contributed by atoms with Crippen LogP contribution in [0.15, 0.2) is 42.6 Å². The summed E-state index contributed by atoms with van der Waals surface area (Å²) in [4.78, 5) is 27.1. The lowest BCUT2D eigenvalue weighted by atomic mass is 9.81. The maximum atomic E-state index is 13.2. The molecule has 0 aromatic heterocycles. The van der Waals surface area contributed by atoms with Gasteiger partial charge >= 0.3 is 5.97 Å². The Balaban J connectivity index is 1.87. The van der Waals surface area contributed by atoms with Crippen LogP contribution in [0.5, 0.6) is 0 Å². The Kier molecular flexibility index (Phi) is 5.22. The predicted octanol–water partition coefficient (Wildman–Crippen LogP) is 3.60. The molecule has 0 bridgehead atoms. The number of rotatable bonds is 3. The van der Waals surface area contributed by atoms with E-state index in [4.69, 9.17) is 4.74 Å². The van der Waals surface area contributed by atoms with Crippen molar-refractivity contribution < 1.29 is 14.3 Å². The van der Waals surface area contributed by atoms with E-state index in [1.807, 2.05) is 42.5 Å². The number of amides is 1. The Bertz CT molecular complexity index is 804. The van der Waals surface area contributed by atoms with E-state index in [1.165, 1.54) is 4.90 Å². The molecule has 3 unspecified atom stereocenters. The molecule has 1 aliphatic carbocycles. The third-order valence-electron chi connectivity index (χ3n) is 4.76. The fourth-order valence-electron chi connectivity index (χ4n) is 3.50. The van der Waals surface area contributed by atoms with Crippen LogP contribution in [0.4, 0.5) is 0 Å². The molecule has 3 rings (SSSR count). The van der Waals surface area contributed by atoms with Crippen molar-refractivity contribution in [3.63, 3.8) is 0 Å². The zero-order chi connectivity index (χ0) is 18.7. The molecule has 1 aliphatic heterocycles. The monoisotopic (exact) mass is 350 g/mol. The van der Waals surface area contributed by atoms with E-state index < -0.39 is 17.9 Å². The van der Waals surface area contributed by atoms with Crippen LogP contribution < -0.4 is 0 Å². The number of carbonyl (C=O) groups is 2. The van der Waals surface area contributed by atoms with E-state index >= 15 is 0 Å². The van der Waals surface area contributed by atoms with Crippen LogP contribution in [-0.2, 0) is 14.3 Å². The molecule has 1 aromatic rings. The summed E-state index contributed by atoms with van der Waals surface area (Å²) in [6.45, 7) is 3.59. The number of hydrogen-bond donors (Lipinski definition) is 0. The zero-order valence-corrected chi connectivity index (χ0v) is 15.0. The molecular weight excluding hydrogens is 328 g/mol. The van der Waals surface area contributed by atoms with Crippen molar-refractivity contribution in [2.75, 3.05) is 0 Å². The first-order valence-electron chi connectivity index (χ1n) is 8.87. The lowest BCUT2D eigenvalue weighted by Crippen LogP contribution is -2.42. The molecule has 1 aromatic carbocycles. The molecule has 3 atom stereocenters. The minimum absolute atomic E-state index is 0.211. The van der Waals surface area contributed by atoms with Crippen molar-refractivity contribution in [2.45, 2.75) is 38.8 Å². The minimum atomic E-state index is -0.684. The molecule has 2 aliphatic rings. The van der Waals surface area contributed by atoms with Gasteiger partial charge in [-0.2, -0.15) is 5.26 Å². The summed E-state index contributed by atoms with van der Waals surface area (Å²) in [5.74, 6) is -1.59. The molecule has 0 N–H and O–H groups in total. The second-order valence-corrected chi connectivity index (χ2v) is 6.86. The van der Waals surface area contributed by atoms with E-state index in [0.29, 0.717) is 12.8 Å². The second-order valence-electron chi connectivity index (χ2n) is 6.86. The van der Waals surface area contributed by atoms with Crippen molar-refractivity contribution in [2.24, 2.45) is 11.8 Å². The summed E-state index contributed by atoms with van der Waals surface area (Å²) >= 11 is 0. The quantitative estimate of drug-likeness (QED) is 0.617. The van der Waals surface area contributed by atoms with Crippen LogP contribution in [0.1, 0.15) is 43.9 Å². The molecular formula is C21H22N2O3. The number of esters is 1. The fraction of sp³-hybridized carbons (Fsp3) is 0.381. The van der Waals surface area contributed by atoms with E-state index in [1.54, 1.807) is 20.0 Å². The van der Waals surface area contributed by atoms with Gasteiger partial charge in [0.25, 0.3) is 0 Å². The largest absolute Gasteiger partial charge is 0.463 e. The first kappa shape index (κ1) is 17.9. The minimum Gasteiger partial charge on any atom is -0.463 e.